The molecule has 0 saturated heterocycles. The van der Waals surface area contributed by atoms with Crippen molar-refractivity contribution in [2.24, 2.45) is 0 Å². The first-order chi connectivity index (χ1) is 11.1. The van der Waals surface area contributed by atoms with Gasteiger partial charge in [-0.1, -0.05) is 42.5 Å². The van der Waals surface area contributed by atoms with Gasteiger partial charge in [-0.2, -0.15) is 0 Å². The van der Waals surface area contributed by atoms with Gasteiger partial charge in [-0.3, -0.25) is 0 Å². The molecule has 0 atom stereocenters. The first-order valence-corrected chi connectivity index (χ1v) is 7.84. The molecule has 1 N–H and O–H groups in total. The van der Waals surface area contributed by atoms with Crippen LogP contribution in [0.2, 0.25) is 0 Å². The van der Waals surface area contributed by atoms with Crippen LogP contribution in [0.1, 0.15) is 23.6 Å². The van der Waals surface area contributed by atoms with Crippen LogP contribution in [0.3, 0.4) is 0 Å². The Bertz CT molecular complexity index is 655. The summed E-state index contributed by atoms with van der Waals surface area (Å²) in [7, 11) is 1.80. The summed E-state index contributed by atoms with van der Waals surface area (Å²) in [6, 6.07) is 15.7. The van der Waals surface area contributed by atoms with Crippen molar-refractivity contribution < 1.29 is 9.53 Å². The number of ether oxygens (including phenoxy) is 1. The molecule has 0 bridgehead atoms. The highest BCUT2D eigenvalue weighted by Gasteiger charge is 2.12. The van der Waals surface area contributed by atoms with Crippen LogP contribution in [-0.2, 0) is 17.9 Å². The third-order valence-corrected chi connectivity index (χ3v) is 3.74. The molecular formula is C19H24N2O2. The van der Waals surface area contributed by atoms with Crippen molar-refractivity contribution in [3.63, 3.8) is 0 Å². The van der Waals surface area contributed by atoms with Crippen molar-refractivity contribution in [3.05, 3.63) is 65.2 Å². The maximum atomic E-state index is 12.4. The molecule has 0 fully saturated rings. The van der Waals surface area contributed by atoms with E-state index in [-0.39, 0.29) is 6.03 Å². The minimum Gasteiger partial charge on any atom is -0.377 e. The van der Waals surface area contributed by atoms with E-state index < -0.39 is 0 Å². The molecule has 0 aliphatic rings. The minimum atomic E-state index is -0.128. The molecule has 0 aliphatic heterocycles. The lowest BCUT2D eigenvalue weighted by Gasteiger charge is -2.20. The molecule has 0 saturated carbocycles. The van der Waals surface area contributed by atoms with E-state index in [0.717, 1.165) is 16.8 Å². The molecule has 0 radical (unpaired) electrons. The fourth-order valence-corrected chi connectivity index (χ4v) is 2.31. The molecule has 0 spiro atoms. The highest BCUT2D eigenvalue weighted by atomic mass is 16.5. The molecule has 2 amide bonds. The van der Waals surface area contributed by atoms with E-state index in [1.54, 1.807) is 11.9 Å². The molecule has 23 heavy (non-hydrogen) atoms. The molecular weight excluding hydrogens is 288 g/mol. The van der Waals surface area contributed by atoms with Crippen LogP contribution < -0.4 is 5.32 Å². The summed E-state index contributed by atoms with van der Waals surface area (Å²) in [6.45, 7) is 5.73. The lowest BCUT2D eigenvalue weighted by molar-refractivity contribution is 0.134. The number of carbonyl (C=O) groups excluding carboxylic acids is 1. The first-order valence-electron chi connectivity index (χ1n) is 7.84. The van der Waals surface area contributed by atoms with Gasteiger partial charge in [-0.25, -0.2) is 4.79 Å². The summed E-state index contributed by atoms with van der Waals surface area (Å²) >= 11 is 0. The zero-order chi connectivity index (χ0) is 16.7. The number of hydrogen-bond acceptors (Lipinski definition) is 2. The number of hydrogen-bond donors (Lipinski definition) is 1. The number of amides is 2. The Morgan fingerprint density at radius 2 is 1.74 bits per heavy atom. The van der Waals surface area contributed by atoms with E-state index in [1.807, 2.05) is 49.4 Å². The molecule has 0 heterocycles. The highest BCUT2D eigenvalue weighted by Crippen LogP contribution is 2.17. The monoisotopic (exact) mass is 312 g/mol. The highest BCUT2D eigenvalue weighted by molar-refractivity contribution is 5.90. The summed E-state index contributed by atoms with van der Waals surface area (Å²) in [5, 5.41) is 2.97. The summed E-state index contributed by atoms with van der Waals surface area (Å²) in [6.07, 6.45) is 0. The number of para-hydroxylation sites is 1. The SMILES string of the molecule is CCOCc1ccccc1NC(=O)N(C)Cc1ccccc1C. The first kappa shape index (κ1) is 17.0. The number of aryl methyl sites for hydroxylation is 1. The predicted octanol–water partition coefficient (Wildman–Crippen LogP) is 4.20. The summed E-state index contributed by atoms with van der Waals surface area (Å²) in [4.78, 5) is 14.1. The van der Waals surface area contributed by atoms with E-state index in [1.165, 1.54) is 5.56 Å². The fourth-order valence-electron chi connectivity index (χ4n) is 2.31. The van der Waals surface area contributed by atoms with Gasteiger partial charge in [-0.05, 0) is 31.0 Å². The maximum absolute atomic E-state index is 12.4. The molecule has 0 aliphatic carbocycles. The number of urea groups is 1. The van der Waals surface area contributed by atoms with Gasteiger partial charge in [-0.15, -0.1) is 0 Å². The van der Waals surface area contributed by atoms with Crippen LogP contribution in [0.5, 0.6) is 0 Å². The van der Waals surface area contributed by atoms with Gasteiger partial charge >= 0.3 is 6.03 Å². The lowest BCUT2D eigenvalue weighted by atomic mass is 10.1. The number of carbonyl (C=O) groups is 1. The molecule has 122 valence electrons. The molecule has 4 nitrogen and oxygen atoms in total. The second-order valence-electron chi connectivity index (χ2n) is 5.51. The predicted molar refractivity (Wildman–Crippen MR) is 93.4 cm³/mol. The van der Waals surface area contributed by atoms with Crippen molar-refractivity contribution in [2.75, 3.05) is 19.0 Å². The molecule has 0 unspecified atom stereocenters. The van der Waals surface area contributed by atoms with Crippen molar-refractivity contribution in [2.45, 2.75) is 27.0 Å². The average molecular weight is 312 g/mol. The van der Waals surface area contributed by atoms with Crippen molar-refractivity contribution in [3.8, 4) is 0 Å². The number of rotatable bonds is 6. The molecule has 0 aromatic heterocycles. The Hall–Kier alpha value is -2.33. The lowest BCUT2D eigenvalue weighted by Crippen LogP contribution is -2.31. The van der Waals surface area contributed by atoms with E-state index in [9.17, 15) is 4.79 Å². The van der Waals surface area contributed by atoms with Gasteiger partial charge in [0.05, 0.1) is 6.61 Å². The van der Waals surface area contributed by atoms with Gasteiger partial charge in [0.25, 0.3) is 0 Å². The summed E-state index contributed by atoms with van der Waals surface area (Å²) in [5.74, 6) is 0. The quantitative estimate of drug-likeness (QED) is 0.868. The van der Waals surface area contributed by atoms with Crippen LogP contribution in [0.25, 0.3) is 0 Å². The van der Waals surface area contributed by atoms with Gasteiger partial charge < -0.3 is 15.0 Å². The largest absolute Gasteiger partial charge is 0.377 e. The minimum absolute atomic E-state index is 0.128. The second-order valence-corrected chi connectivity index (χ2v) is 5.51. The fraction of sp³-hybridized carbons (Fsp3) is 0.316. The Balaban J connectivity index is 2.02. The van der Waals surface area contributed by atoms with E-state index in [4.69, 9.17) is 4.74 Å². The molecule has 2 aromatic rings. The Morgan fingerprint density at radius 3 is 2.43 bits per heavy atom. The number of nitrogens with zero attached hydrogens (tertiary/aromatic N) is 1. The van der Waals surface area contributed by atoms with E-state index in [2.05, 4.69) is 18.3 Å². The molecule has 4 heteroatoms. The third kappa shape index (κ3) is 4.83. The molecule has 2 aromatic carbocycles. The van der Waals surface area contributed by atoms with Crippen molar-refractivity contribution in [1.82, 2.24) is 4.90 Å². The third-order valence-electron chi connectivity index (χ3n) is 3.74. The topological polar surface area (TPSA) is 41.6 Å². The van der Waals surface area contributed by atoms with Gasteiger partial charge in [0.1, 0.15) is 0 Å². The van der Waals surface area contributed by atoms with Crippen molar-refractivity contribution in [1.29, 1.82) is 0 Å². The average Bonchev–Trinajstić information content (AvgIpc) is 2.56. The zero-order valence-electron chi connectivity index (χ0n) is 14.0. The Morgan fingerprint density at radius 1 is 1.09 bits per heavy atom. The standard InChI is InChI=1S/C19H24N2O2/c1-4-23-14-17-11-7-8-12-18(17)20-19(22)21(3)13-16-10-6-5-9-15(16)2/h5-12H,4,13-14H2,1-3H3,(H,20,22). The zero-order valence-corrected chi connectivity index (χ0v) is 14.0. The van der Waals surface area contributed by atoms with Gasteiger partial charge in [0.2, 0.25) is 0 Å². The Labute approximate surface area is 138 Å². The van der Waals surface area contributed by atoms with Crippen LogP contribution in [0.4, 0.5) is 10.5 Å². The van der Waals surface area contributed by atoms with Crippen molar-refractivity contribution >= 4 is 11.7 Å². The maximum Gasteiger partial charge on any atom is 0.321 e. The van der Waals surface area contributed by atoms with Crippen LogP contribution >= 0.6 is 0 Å². The Kier molecular flexibility index (Phi) is 6.18. The van der Waals surface area contributed by atoms with Crippen LogP contribution in [0.15, 0.2) is 48.5 Å². The van der Waals surface area contributed by atoms with Gasteiger partial charge in [0.15, 0.2) is 0 Å². The summed E-state index contributed by atoms with van der Waals surface area (Å²) in [5.41, 5.74) is 4.10. The smallest absolute Gasteiger partial charge is 0.321 e. The van der Waals surface area contributed by atoms with Crippen LogP contribution in [-0.4, -0.2) is 24.6 Å². The van der Waals surface area contributed by atoms with E-state index in [0.29, 0.717) is 19.8 Å². The summed E-state index contributed by atoms with van der Waals surface area (Å²) < 4.78 is 5.45. The number of nitrogens with one attached hydrogen (secondary N) is 1. The van der Waals surface area contributed by atoms with E-state index >= 15 is 0 Å². The van der Waals surface area contributed by atoms with Crippen LogP contribution in [0, 0.1) is 6.92 Å². The number of anilines is 1. The van der Waals surface area contributed by atoms with Gasteiger partial charge in [0, 0.05) is 31.5 Å². The number of benzene rings is 2. The second kappa shape index (κ2) is 8.34. The normalized spacial score (nSPS) is 10.4. The molecule has 2 rings (SSSR count).